The molecule has 166 valence electrons. The Kier molecular flexibility index (Phi) is 6.05. The maximum Gasteiger partial charge on any atom is 0.248 e. The van der Waals surface area contributed by atoms with Crippen molar-refractivity contribution in [1.29, 1.82) is 0 Å². The van der Waals surface area contributed by atoms with Gasteiger partial charge in [0.2, 0.25) is 5.91 Å². The summed E-state index contributed by atoms with van der Waals surface area (Å²) in [5.74, 6) is 0.318. The molecule has 2 heterocycles. The van der Waals surface area contributed by atoms with Crippen molar-refractivity contribution in [2.45, 2.75) is 19.3 Å². The van der Waals surface area contributed by atoms with E-state index in [1.807, 2.05) is 30.3 Å². The summed E-state index contributed by atoms with van der Waals surface area (Å²) >= 11 is 0. The third-order valence-corrected chi connectivity index (χ3v) is 6.37. The lowest BCUT2D eigenvalue weighted by Crippen LogP contribution is -2.28. The van der Waals surface area contributed by atoms with Crippen molar-refractivity contribution >= 4 is 28.2 Å². The Morgan fingerprint density at radius 3 is 2.55 bits per heavy atom. The van der Waals surface area contributed by atoms with E-state index in [1.54, 1.807) is 12.1 Å². The number of rotatable bonds is 6. The number of piperidine rings is 1. The van der Waals surface area contributed by atoms with Crippen molar-refractivity contribution in [3.63, 3.8) is 0 Å². The number of primary amides is 1. The number of hydrogen-bond donors (Lipinski definition) is 3. The molecule has 5 nitrogen and oxygen atoms in total. The van der Waals surface area contributed by atoms with Crippen LogP contribution in [0, 0.1) is 5.92 Å². The van der Waals surface area contributed by atoms with Crippen molar-refractivity contribution in [2.75, 3.05) is 18.4 Å². The number of nitrogens with one attached hydrogen (secondary N) is 2. The maximum absolute atomic E-state index is 11.4. The molecule has 5 rings (SSSR count). The number of carbonyl (C=O) groups is 1. The molecule has 0 unspecified atom stereocenters. The van der Waals surface area contributed by atoms with Crippen molar-refractivity contribution in [2.24, 2.45) is 11.7 Å². The molecular weight excluding hydrogens is 408 g/mol. The predicted octanol–water partition coefficient (Wildman–Crippen LogP) is 5.29. The van der Waals surface area contributed by atoms with Crippen molar-refractivity contribution in [1.82, 2.24) is 10.3 Å². The molecule has 4 aromatic rings. The number of pyridine rings is 1. The van der Waals surface area contributed by atoms with Crippen molar-refractivity contribution in [3.05, 3.63) is 90.0 Å². The van der Waals surface area contributed by atoms with E-state index in [4.69, 9.17) is 10.7 Å². The highest BCUT2D eigenvalue weighted by Gasteiger charge is 2.14. The highest BCUT2D eigenvalue weighted by molar-refractivity contribution is 5.96. The maximum atomic E-state index is 11.4. The van der Waals surface area contributed by atoms with Crippen LogP contribution in [-0.2, 0) is 6.42 Å². The SMILES string of the molecule is NC(=O)c1ccc(-c2cc(Nc3cccc(CC4CCNCC4)c3)c3ccccc3n2)cc1. The molecule has 1 aromatic heterocycles. The van der Waals surface area contributed by atoms with Gasteiger partial charge in [-0.15, -0.1) is 0 Å². The Morgan fingerprint density at radius 1 is 0.970 bits per heavy atom. The van der Waals surface area contributed by atoms with Crippen LogP contribution in [0.15, 0.2) is 78.9 Å². The number of benzene rings is 3. The minimum Gasteiger partial charge on any atom is -0.366 e. The first kappa shape index (κ1) is 21.2. The molecular formula is C28H28N4O. The first-order valence-electron chi connectivity index (χ1n) is 11.5. The van der Waals surface area contributed by atoms with E-state index in [0.717, 1.165) is 59.0 Å². The highest BCUT2D eigenvalue weighted by atomic mass is 16.1. The lowest BCUT2D eigenvalue weighted by molar-refractivity contribution is 0.100. The average molecular weight is 437 g/mol. The minimum absolute atomic E-state index is 0.431. The molecule has 0 bridgehead atoms. The number of hydrogen-bond acceptors (Lipinski definition) is 4. The fourth-order valence-corrected chi connectivity index (χ4v) is 4.58. The number of nitrogens with two attached hydrogens (primary N) is 1. The zero-order chi connectivity index (χ0) is 22.6. The fraction of sp³-hybridized carbons (Fsp3) is 0.214. The normalized spacial score (nSPS) is 14.3. The van der Waals surface area contributed by atoms with Gasteiger partial charge in [0.25, 0.3) is 0 Å². The Balaban J connectivity index is 1.46. The number of anilines is 2. The summed E-state index contributed by atoms with van der Waals surface area (Å²) < 4.78 is 0. The smallest absolute Gasteiger partial charge is 0.248 e. The largest absolute Gasteiger partial charge is 0.366 e. The van der Waals surface area contributed by atoms with E-state index in [9.17, 15) is 4.79 Å². The quantitative estimate of drug-likeness (QED) is 0.384. The molecule has 3 aromatic carbocycles. The molecule has 0 spiro atoms. The van der Waals surface area contributed by atoms with E-state index in [1.165, 1.54) is 18.4 Å². The Labute approximate surface area is 194 Å². The van der Waals surface area contributed by atoms with Crippen LogP contribution in [-0.4, -0.2) is 24.0 Å². The van der Waals surface area contributed by atoms with Gasteiger partial charge in [0.15, 0.2) is 0 Å². The summed E-state index contributed by atoms with van der Waals surface area (Å²) in [6, 6.07) is 26.2. The first-order chi connectivity index (χ1) is 16.2. The Hall–Kier alpha value is -3.70. The zero-order valence-corrected chi connectivity index (χ0v) is 18.6. The topological polar surface area (TPSA) is 80.0 Å². The molecule has 0 saturated carbocycles. The predicted molar refractivity (Wildman–Crippen MR) is 135 cm³/mol. The van der Waals surface area contributed by atoms with Gasteiger partial charge in [-0.2, -0.15) is 0 Å². The molecule has 5 heteroatoms. The third-order valence-electron chi connectivity index (χ3n) is 6.37. The summed E-state index contributed by atoms with van der Waals surface area (Å²) in [7, 11) is 0. The third kappa shape index (κ3) is 4.89. The van der Waals surface area contributed by atoms with Gasteiger partial charge < -0.3 is 16.4 Å². The summed E-state index contributed by atoms with van der Waals surface area (Å²) in [4.78, 5) is 16.3. The number of amides is 1. The lowest BCUT2D eigenvalue weighted by atomic mass is 9.91. The molecule has 0 aliphatic carbocycles. The number of nitrogens with zero attached hydrogens (tertiary/aromatic N) is 1. The Bertz CT molecular complexity index is 1280. The summed E-state index contributed by atoms with van der Waals surface area (Å²) in [6.07, 6.45) is 3.60. The van der Waals surface area contributed by atoms with Gasteiger partial charge in [0.1, 0.15) is 0 Å². The number of aromatic nitrogens is 1. The van der Waals surface area contributed by atoms with Crippen LogP contribution in [0.4, 0.5) is 11.4 Å². The first-order valence-corrected chi connectivity index (χ1v) is 11.5. The second kappa shape index (κ2) is 9.43. The molecule has 33 heavy (non-hydrogen) atoms. The van der Waals surface area contributed by atoms with Gasteiger partial charge in [-0.3, -0.25) is 4.79 Å². The number of fused-ring (bicyclic) bond motifs is 1. The highest BCUT2D eigenvalue weighted by Crippen LogP contribution is 2.31. The minimum atomic E-state index is -0.431. The van der Waals surface area contributed by atoms with Gasteiger partial charge in [-0.25, -0.2) is 4.98 Å². The second-order valence-corrected chi connectivity index (χ2v) is 8.74. The van der Waals surface area contributed by atoms with E-state index >= 15 is 0 Å². The van der Waals surface area contributed by atoms with Gasteiger partial charge >= 0.3 is 0 Å². The monoisotopic (exact) mass is 436 g/mol. The van der Waals surface area contributed by atoms with Gasteiger partial charge in [-0.05, 0) is 80.2 Å². The molecule has 1 saturated heterocycles. The van der Waals surface area contributed by atoms with Crippen LogP contribution in [0.5, 0.6) is 0 Å². The molecule has 4 N–H and O–H groups in total. The Morgan fingerprint density at radius 2 is 1.76 bits per heavy atom. The van der Waals surface area contributed by atoms with E-state index < -0.39 is 5.91 Å². The number of carbonyl (C=O) groups excluding carboxylic acids is 1. The van der Waals surface area contributed by atoms with Gasteiger partial charge in [0.05, 0.1) is 16.9 Å². The molecule has 1 aliphatic rings. The molecule has 1 fully saturated rings. The summed E-state index contributed by atoms with van der Waals surface area (Å²) in [6.45, 7) is 2.24. The molecule has 1 aliphatic heterocycles. The summed E-state index contributed by atoms with van der Waals surface area (Å²) in [5.41, 5.74) is 12.0. The summed E-state index contributed by atoms with van der Waals surface area (Å²) in [5, 5.41) is 8.15. The van der Waals surface area contributed by atoms with Crippen molar-refractivity contribution in [3.8, 4) is 11.3 Å². The second-order valence-electron chi connectivity index (χ2n) is 8.74. The van der Waals surface area contributed by atoms with E-state index in [0.29, 0.717) is 5.56 Å². The van der Waals surface area contributed by atoms with Crippen LogP contribution >= 0.6 is 0 Å². The zero-order valence-electron chi connectivity index (χ0n) is 18.6. The van der Waals surface area contributed by atoms with Crippen LogP contribution < -0.4 is 16.4 Å². The standard InChI is InChI=1S/C28H28N4O/c29-28(33)22-10-8-21(9-11-22)26-18-27(24-6-1-2-7-25(24)32-26)31-23-5-3-4-20(17-23)16-19-12-14-30-15-13-19/h1-11,17-19,30H,12-16H2,(H2,29,33)(H,31,32). The van der Waals surface area contributed by atoms with Crippen LogP contribution in [0.1, 0.15) is 28.8 Å². The van der Waals surface area contributed by atoms with E-state index in [2.05, 4.69) is 47.0 Å². The lowest BCUT2D eigenvalue weighted by Gasteiger charge is -2.22. The van der Waals surface area contributed by atoms with E-state index in [-0.39, 0.29) is 0 Å². The van der Waals surface area contributed by atoms with Crippen LogP contribution in [0.25, 0.3) is 22.2 Å². The van der Waals surface area contributed by atoms with Gasteiger partial charge in [-0.1, -0.05) is 42.5 Å². The van der Waals surface area contributed by atoms with Crippen LogP contribution in [0.3, 0.4) is 0 Å². The van der Waals surface area contributed by atoms with Gasteiger partial charge in [0, 0.05) is 22.2 Å². The number of para-hydroxylation sites is 1. The molecule has 0 radical (unpaired) electrons. The average Bonchev–Trinajstić information content (AvgIpc) is 2.85. The van der Waals surface area contributed by atoms with Crippen LogP contribution in [0.2, 0.25) is 0 Å². The molecule has 1 amide bonds. The fourth-order valence-electron chi connectivity index (χ4n) is 4.58. The van der Waals surface area contributed by atoms with Crippen molar-refractivity contribution < 1.29 is 4.79 Å². The molecule has 0 atom stereocenters.